The Hall–Kier alpha value is -3.67. The number of benzene rings is 4. The van der Waals surface area contributed by atoms with E-state index in [1.807, 2.05) is 78.9 Å². The minimum Gasteiger partial charge on any atom is -0.507 e. The first-order chi connectivity index (χ1) is 17.0. The van der Waals surface area contributed by atoms with Gasteiger partial charge in [-0.15, -0.1) is 0 Å². The van der Waals surface area contributed by atoms with Gasteiger partial charge in [0.05, 0.1) is 17.1 Å². The molecule has 0 saturated carbocycles. The van der Waals surface area contributed by atoms with Gasteiger partial charge in [-0.3, -0.25) is 0 Å². The summed E-state index contributed by atoms with van der Waals surface area (Å²) in [5.41, 5.74) is 3.55. The molecular formula is C30H23BrO4. The Labute approximate surface area is 211 Å². The van der Waals surface area contributed by atoms with Gasteiger partial charge < -0.3 is 14.6 Å². The standard InChI is InChI=1S/C30H23BrO4/c31-23-16-14-20(15-17-23)19-10-12-22(13-11-19)26(32)18-25(21-6-2-1-3-7-21)28-29(33)24-8-4-5-9-27(24)35-30(28)34/h1-17,25-26,32-33H,18H2/t25-,26-/m0/s1. The van der Waals surface area contributed by atoms with Crippen LogP contribution in [0.15, 0.2) is 117 Å². The van der Waals surface area contributed by atoms with Crippen molar-refractivity contribution in [3.63, 3.8) is 0 Å². The van der Waals surface area contributed by atoms with Gasteiger partial charge in [-0.2, -0.15) is 0 Å². The summed E-state index contributed by atoms with van der Waals surface area (Å²) >= 11 is 3.45. The van der Waals surface area contributed by atoms with Crippen molar-refractivity contribution in [2.45, 2.75) is 18.4 Å². The second kappa shape index (κ2) is 9.90. The van der Waals surface area contributed by atoms with Crippen LogP contribution in [0.3, 0.4) is 0 Å². The highest BCUT2D eigenvalue weighted by Gasteiger charge is 2.27. The number of fused-ring (bicyclic) bond motifs is 1. The fourth-order valence-electron chi connectivity index (χ4n) is 4.46. The fraction of sp³-hybridized carbons (Fsp3) is 0.100. The predicted octanol–water partition coefficient (Wildman–Crippen LogP) is 7.18. The number of rotatable bonds is 6. The molecule has 4 aromatic carbocycles. The van der Waals surface area contributed by atoms with E-state index in [-0.39, 0.29) is 17.7 Å². The highest BCUT2D eigenvalue weighted by molar-refractivity contribution is 9.10. The summed E-state index contributed by atoms with van der Waals surface area (Å²) in [7, 11) is 0. The van der Waals surface area contributed by atoms with Crippen LogP contribution in [-0.4, -0.2) is 10.2 Å². The number of hydrogen-bond donors (Lipinski definition) is 2. The summed E-state index contributed by atoms with van der Waals surface area (Å²) in [5.74, 6) is -0.665. The minimum absolute atomic E-state index is 0.108. The Morgan fingerprint density at radius 1 is 0.743 bits per heavy atom. The monoisotopic (exact) mass is 526 g/mol. The van der Waals surface area contributed by atoms with Crippen LogP contribution in [-0.2, 0) is 0 Å². The molecule has 0 saturated heterocycles. The van der Waals surface area contributed by atoms with E-state index in [0.29, 0.717) is 11.0 Å². The SMILES string of the molecule is O=c1oc2ccccc2c(O)c1[C@@H](C[C@H](O)c1ccc(-c2ccc(Br)cc2)cc1)c1ccccc1. The molecule has 0 unspecified atom stereocenters. The maximum Gasteiger partial charge on any atom is 0.343 e. The van der Waals surface area contributed by atoms with Crippen LogP contribution in [0.1, 0.15) is 35.1 Å². The molecule has 5 rings (SSSR count). The molecular weight excluding hydrogens is 504 g/mol. The number of para-hydroxylation sites is 1. The third-order valence-corrected chi connectivity index (χ3v) is 6.83. The maximum atomic E-state index is 13.0. The summed E-state index contributed by atoms with van der Waals surface area (Å²) in [6.45, 7) is 0. The summed E-state index contributed by atoms with van der Waals surface area (Å²) in [6.07, 6.45) is -0.650. The Balaban J connectivity index is 1.50. The Bertz CT molecular complexity index is 1510. The van der Waals surface area contributed by atoms with Gasteiger partial charge in [0.2, 0.25) is 0 Å². The molecule has 0 aliphatic rings. The largest absolute Gasteiger partial charge is 0.507 e. The van der Waals surface area contributed by atoms with Crippen LogP contribution in [0.5, 0.6) is 5.75 Å². The minimum atomic E-state index is -0.857. The maximum absolute atomic E-state index is 13.0. The Morgan fingerprint density at radius 3 is 2.03 bits per heavy atom. The van der Waals surface area contributed by atoms with Gasteiger partial charge in [0.15, 0.2) is 0 Å². The lowest BCUT2D eigenvalue weighted by Gasteiger charge is -2.22. The lowest BCUT2D eigenvalue weighted by atomic mass is 9.84. The lowest BCUT2D eigenvalue weighted by molar-refractivity contribution is 0.161. The zero-order valence-corrected chi connectivity index (χ0v) is 20.4. The normalized spacial score (nSPS) is 13.0. The van der Waals surface area contributed by atoms with Crippen molar-refractivity contribution in [1.82, 2.24) is 0 Å². The zero-order valence-electron chi connectivity index (χ0n) is 18.8. The van der Waals surface area contributed by atoms with Gasteiger partial charge in [0.1, 0.15) is 11.3 Å². The Kier molecular flexibility index (Phi) is 6.53. The summed E-state index contributed by atoms with van der Waals surface area (Å²) in [5, 5.41) is 22.7. The van der Waals surface area contributed by atoms with Crippen molar-refractivity contribution in [1.29, 1.82) is 0 Å². The van der Waals surface area contributed by atoms with E-state index in [2.05, 4.69) is 15.9 Å². The number of aliphatic hydroxyl groups is 1. The molecule has 2 atom stereocenters. The van der Waals surface area contributed by atoms with Gasteiger partial charge in [-0.25, -0.2) is 4.79 Å². The van der Waals surface area contributed by atoms with Crippen molar-refractivity contribution >= 4 is 26.9 Å². The van der Waals surface area contributed by atoms with E-state index < -0.39 is 17.6 Å². The van der Waals surface area contributed by atoms with Gasteiger partial charge in [-0.1, -0.05) is 94.8 Å². The average Bonchev–Trinajstić information content (AvgIpc) is 2.89. The number of hydrogen-bond acceptors (Lipinski definition) is 4. The van der Waals surface area contributed by atoms with E-state index >= 15 is 0 Å². The Morgan fingerprint density at radius 2 is 1.34 bits per heavy atom. The third kappa shape index (κ3) is 4.78. The second-order valence-electron chi connectivity index (χ2n) is 8.49. The van der Waals surface area contributed by atoms with E-state index in [0.717, 1.165) is 26.7 Å². The van der Waals surface area contributed by atoms with Crippen LogP contribution in [0.25, 0.3) is 22.1 Å². The average molecular weight is 527 g/mol. The van der Waals surface area contributed by atoms with Crippen molar-refractivity contribution in [2.75, 3.05) is 0 Å². The van der Waals surface area contributed by atoms with E-state index in [4.69, 9.17) is 4.42 Å². The first kappa shape index (κ1) is 23.1. The summed E-state index contributed by atoms with van der Waals surface area (Å²) in [4.78, 5) is 13.0. The van der Waals surface area contributed by atoms with Crippen LogP contribution in [0, 0.1) is 0 Å². The molecule has 1 heterocycles. The van der Waals surface area contributed by atoms with Gasteiger partial charge in [0, 0.05) is 10.4 Å². The first-order valence-corrected chi connectivity index (χ1v) is 12.1. The lowest BCUT2D eigenvalue weighted by Crippen LogP contribution is -2.17. The molecule has 5 heteroatoms. The molecule has 174 valence electrons. The van der Waals surface area contributed by atoms with Crippen LogP contribution in [0.2, 0.25) is 0 Å². The molecule has 0 aliphatic heterocycles. The number of aromatic hydroxyl groups is 1. The molecule has 0 aliphatic carbocycles. The number of halogens is 1. The fourth-order valence-corrected chi connectivity index (χ4v) is 4.72. The first-order valence-electron chi connectivity index (χ1n) is 11.3. The molecule has 0 amide bonds. The van der Waals surface area contributed by atoms with Gasteiger partial charge in [0.25, 0.3) is 0 Å². The highest BCUT2D eigenvalue weighted by atomic mass is 79.9. The van der Waals surface area contributed by atoms with Crippen molar-refractivity contribution in [2.24, 2.45) is 0 Å². The van der Waals surface area contributed by atoms with Crippen LogP contribution < -0.4 is 5.63 Å². The number of aliphatic hydroxyl groups excluding tert-OH is 1. The molecule has 2 N–H and O–H groups in total. The van der Waals surface area contributed by atoms with E-state index in [1.165, 1.54) is 0 Å². The van der Waals surface area contributed by atoms with E-state index in [1.54, 1.807) is 24.3 Å². The van der Waals surface area contributed by atoms with Crippen LogP contribution in [0.4, 0.5) is 0 Å². The van der Waals surface area contributed by atoms with Gasteiger partial charge in [-0.05, 0) is 52.9 Å². The molecule has 0 fully saturated rings. The molecule has 0 bridgehead atoms. The molecule has 1 aromatic heterocycles. The molecule has 0 spiro atoms. The quantitative estimate of drug-likeness (QED) is 0.230. The van der Waals surface area contributed by atoms with Crippen molar-refractivity contribution < 1.29 is 14.6 Å². The molecule has 4 nitrogen and oxygen atoms in total. The molecule has 0 radical (unpaired) electrons. The van der Waals surface area contributed by atoms with Crippen molar-refractivity contribution in [3.05, 3.63) is 135 Å². The predicted molar refractivity (Wildman–Crippen MR) is 142 cm³/mol. The van der Waals surface area contributed by atoms with Crippen LogP contribution >= 0.6 is 15.9 Å². The smallest absolute Gasteiger partial charge is 0.343 e. The molecule has 5 aromatic rings. The van der Waals surface area contributed by atoms with E-state index in [9.17, 15) is 15.0 Å². The summed E-state index contributed by atoms with van der Waals surface area (Å²) in [6, 6.07) is 32.1. The molecule has 35 heavy (non-hydrogen) atoms. The van der Waals surface area contributed by atoms with Gasteiger partial charge >= 0.3 is 5.63 Å². The third-order valence-electron chi connectivity index (χ3n) is 6.30. The second-order valence-corrected chi connectivity index (χ2v) is 9.41. The zero-order chi connectivity index (χ0) is 24.4. The highest BCUT2D eigenvalue weighted by Crippen LogP contribution is 2.39. The van der Waals surface area contributed by atoms with Crippen molar-refractivity contribution in [3.8, 4) is 16.9 Å². The topological polar surface area (TPSA) is 70.7 Å². The summed E-state index contributed by atoms with van der Waals surface area (Å²) < 4.78 is 6.55.